The van der Waals surface area contributed by atoms with Gasteiger partial charge >= 0.3 is 17.9 Å². The summed E-state index contributed by atoms with van der Waals surface area (Å²) in [5, 5.41) is 0. The Morgan fingerprint density at radius 2 is 0.375 bits per heavy atom. The van der Waals surface area contributed by atoms with E-state index in [-0.39, 0.29) is 31.1 Å². The molecule has 0 aromatic rings. The maximum absolute atomic E-state index is 12.9. The van der Waals surface area contributed by atoms with Crippen molar-refractivity contribution >= 4 is 17.9 Å². The van der Waals surface area contributed by atoms with Crippen LogP contribution >= 0.6 is 0 Å². The maximum atomic E-state index is 12.9. The molecule has 0 aliphatic carbocycles. The van der Waals surface area contributed by atoms with Crippen LogP contribution in [0.5, 0.6) is 0 Å². The van der Waals surface area contributed by atoms with E-state index in [1.54, 1.807) is 0 Å². The molecule has 0 saturated carbocycles. The van der Waals surface area contributed by atoms with Crippen LogP contribution in [0.1, 0.15) is 387 Å². The molecule has 0 aromatic heterocycles. The van der Waals surface area contributed by atoms with Gasteiger partial charge in [0, 0.05) is 19.3 Å². The molecule has 1 unspecified atom stereocenters. The quantitative estimate of drug-likeness (QED) is 0.0343. The fourth-order valence-corrected chi connectivity index (χ4v) is 10.4. The molecule has 0 aliphatic heterocycles. The summed E-state index contributed by atoms with van der Waals surface area (Å²) in [6, 6.07) is 0. The smallest absolute Gasteiger partial charge is 0.306 e. The standard InChI is InChI=1S/C66H128O6/c1-4-7-10-13-16-19-22-25-27-29-31-33-35-36-38-41-44-47-50-53-56-59-65(68)71-62-63(61-70-64(67)58-55-52-49-46-43-40-24-21-18-15-12-9-6-3)72-66(69)60-57-54-51-48-45-42-39-37-34-32-30-28-26-23-20-17-14-11-8-5-2/h63H,4-62H2,1-3H3. The molecule has 72 heavy (non-hydrogen) atoms. The highest BCUT2D eigenvalue weighted by Crippen LogP contribution is 2.19. The van der Waals surface area contributed by atoms with Gasteiger partial charge in [-0.3, -0.25) is 14.4 Å². The van der Waals surface area contributed by atoms with Crippen molar-refractivity contribution in [3.05, 3.63) is 0 Å². The van der Waals surface area contributed by atoms with E-state index in [4.69, 9.17) is 14.2 Å². The zero-order valence-corrected chi connectivity index (χ0v) is 49.2. The maximum Gasteiger partial charge on any atom is 0.306 e. The monoisotopic (exact) mass is 1020 g/mol. The average molecular weight is 1020 g/mol. The highest BCUT2D eigenvalue weighted by molar-refractivity contribution is 5.71. The third-order valence-electron chi connectivity index (χ3n) is 15.4. The number of carbonyl (C=O) groups is 3. The number of carbonyl (C=O) groups excluding carboxylic acids is 3. The van der Waals surface area contributed by atoms with E-state index >= 15 is 0 Å². The molecule has 0 rings (SSSR count). The third kappa shape index (κ3) is 59.3. The predicted octanol–water partition coefficient (Wildman–Crippen LogP) is 22.3. The molecule has 6 nitrogen and oxygen atoms in total. The summed E-state index contributed by atoms with van der Waals surface area (Å²) in [5.74, 6) is -0.823. The van der Waals surface area contributed by atoms with E-state index in [1.165, 1.54) is 289 Å². The fourth-order valence-electron chi connectivity index (χ4n) is 10.4. The summed E-state index contributed by atoms with van der Waals surface area (Å²) in [4.78, 5) is 38.3. The van der Waals surface area contributed by atoms with Gasteiger partial charge < -0.3 is 14.2 Å². The Morgan fingerprint density at radius 3 is 0.556 bits per heavy atom. The molecular formula is C66H128O6. The molecule has 0 fully saturated rings. The fraction of sp³-hybridized carbons (Fsp3) is 0.955. The normalized spacial score (nSPS) is 11.9. The zero-order valence-electron chi connectivity index (χ0n) is 49.2. The van der Waals surface area contributed by atoms with Crippen molar-refractivity contribution in [1.82, 2.24) is 0 Å². The Kier molecular flexibility index (Phi) is 60.6. The van der Waals surface area contributed by atoms with E-state index in [1.807, 2.05) is 0 Å². The summed E-state index contributed by atoms with van der Waals surface area (Å²) in [6.45, 7) is 6.73. The van der Waals surface area contributed by atoms with Gasteiger partial charge in [0.1, 0.15) is 13.2 Å². The van der Waals surface area contributed by atoms with Gasteiger partial charge in [-0.25, -0.2) is 0 Å². The molecule has 0 radical (unpaired) electrons. The first kappa shape index (κ1) is 70.4. The number of hydrogen-bond donors (Lipinski definition) is 0. The van der Waals surface area contributed by atoms with Gasteiger partial charge in [-0.1, -0.05) is 348 Å². The number of ether oxygens (including phenoxy) is 3. The predicted molar refractivity (Wildman–Crippen MR) is 312 cm³/mol. The SMILES string of the molecule is CCCCCCCCCCCCCCCCCCCCCCCC(=O)OCC(COC(=O)CCCCCCCCCCCCCCC)OC(=O)CCCCCCCCCCCCCCCCCCCCCC. The van der Waals surface area contributed by atoms with Crippen LogP contribution in [0, 0.1) is 0 Å². The average Bonchev–Trinajstić information content (AvgIpc) is 3.38. The zero-order chi connectivity index (χ0) is 52.2. The molecule has 0 spiro atoms. The Hall–Kier alpha value is -1.59. The second-order valence-corrected chi connectivity index (χ2v) is 22.8. The van der Waals surface area contributed by atoms with Crippen molar-refractivity contribution in [2.75, 3.05) is 13.2 Å². The molecule has 0 aromatic carbocycles. The van der Waals surface area contributed by atoms with Gasteiger partial charge in [0.15, 0.2) is 6.10 Å². The van der Waals surface area contributed by atoms with E-state index in [2.05, 4.69) is 20.8 Å². The van der Waals surface area contributed by atoms with Crippen LogP contribution < -0.4 is 0 Å². The van der Waals surface area contributed by atoms with Crippen LogP contribution in [-0.4, -0.2) is 37.2 Å². The van der Waals surface area contributed by atoms with Gasteiger partial charge in [-0.05, 0) is 19.3 Å². The van der Waals surface area contributed by atoms with E-state index in [9.17, 15) is 14.4 Å². The molecule has 0 N–H and O–H groups in total. The summed E-state index contributed by atoms with van der Waals surface area (Å²) in [6.07, 6.45) is 71.1. The van der Waals surface area contributed by atoms with Crippen molar-refractivity contribution in [2.24, 2.45) is 0 Å². The van der Waals surface area contributed by atoms with Crippen molar-refractivity contribution < 1.29 is 28.6 Å². The van der Waals surface area contributed by atoms with Crippen molar-refractivity contribution in [1.29, 1.82) is 0 Å². The largest absolute Gasteiger partial charge is 0.462 e. The first-order valence-electron chi connectivity index (χ1n) is 33.0. The summed E-state index contributed by atoms with van der Waals surface area (Å²) in [5.41, 5.74) is 0. The van der Waals surface area contributed by atoms with E-state index in [0.29, 0.717) is 19.3 Å². The number of unbranched alkanes of at least 4 members (excludes halogenated alkanes) is 51. The number of rotatable bonds is 62. The summed E-state index contributed by atoms with van der Waals surface area (Å²) >= 11 is 0. The molecule has 0 bridgehead atoms. The third-order valence-corrected chi connectivity index (χ3v) is 15.4. The topological polar surface area (TPSA) is 78.9 Å². The Labute approximate surface area is 450 Å². The first-order valence-corrected chi connectivity index (χ1v) is 33.0. The van der Waals surface area contributed by atoms with Crippen LogP contribution in [0.25, 0.3) is 0 Å². The lowest BCUT2D eigenvalue weighted by Crippen LogP contribution is -2.30. The molecule has 6 heteroatoms. The number of hydrogen-bond acceptors (Lipinski definition) is 6. The second kappa shape index (κ2) is 62.0. The minimum atomic E-state index is -0.762. The Balaban J connectivity index is 4.23. The van der Waals surface area contributed by atoms with Crippen molar-refractivity contribution in [2.45, 2.75) is 393 Å². The Bertz CT molecular complexity index is 1080. The molecule has 0 aliphatic rings. The molecule has 0 heterocycles. The van der Waals surface area contributed by atoms with Gasteiger partial charge in [-0.2, -0.15) is 0 Å². The molecular weight excluding hydrogens is 889 g/mol. The minimum Gasteiger partial charge on any atom is -0.462 e. The van der Waals surface area contributed by atoms with E-state index < -0.39 is 6.10 Å². The number of esters is 3. The summed E-state index contributed by atoms with van der Waals surface area (Å²) in [7, 11) is 0. The molecule has 428 valence electrons. The lowest BCUT2D eigenvalue weighted by atomic mass is 10.0. The first-order chi connectivity index (χ1) is 35.5. The van der Waals surface area contributed by atoms with Gasteiger partial charge in [-0.15, -0.1) is 0 Å². The van der Waals surface area contributed by atoms with Crippen molar-refractivity contribution in [3.8, 4) is 0 Å². The van der Waals surface area contributed by atoms with Crippen LogP contribution in [-0.2, 0) is 28.6 Å². The summed E-state index contributed by atoms with van der Waals surface area (Å²) < 4.78 is 17.0. The Morgan fingerprint density at radius 1 is 0.222 bits per heavy atom. The lowest BCUT2D eigenvalue weighted by molar-refractivity contribution is -0.167. The van der Waals surface area contributed by atoms with Gasteiger partial charge in [0.2, 0.25) is 0 Å². The van der Waals surface area contributed by atoms with Crippen molar-refractivity contribution in [3.63, 3.8) is 0 Å². The second-order valence-electron chi connectivity index (χ2n) is 22.8. The van der Waals surface area contributed by atoms with Gasteiger partial charge in [0.05, 0.1) is 0 Å². The molecule has 1 atom stereocenters. The molecule has 0 saturated heterocycles. The van der Waals surface area contributed by atoms with Crippen LogP contribution in [0.2, 0.25) is 0 Å². The highest BCUT2D eigenvalue weighted by atomic mass is 16.6. The molecule has 0 amide bonds. The van der Waals surface area contributed by atoms with Gasteiger partial charge in [0.25, 0.3) is 0 Å². The van der Waals surface area contributed by atoms with E-state index in [0.717, 1.165) is 57.8 Å². The van der Waals surface area contributed by atoms with Crippen LogP contribution in [0.4, 0.5) is 0 Å². The van der Waals surface area contributed by atoms with Crippen LogP contribution in [0.3, 0.4) is 0 Å². The lowest BCUT2D eigenvalue weighted by Gasteiger charge is -2.18. The van der Waals surface area contributed by atoms with Crippen LogP contribution in [0.15, 0.2) is 0 Å². The minimum absolute atomic E-state index is 0.0604. The highest BCUT2D eigenvalue weighted by Gasteiger charge is 2.19.